The average Bonchev–Trinajstić information content (AvgIpc) is 2.09. The molecule has 2 nitrogen and oxygen atoms in total. The fraction of sp³-hybridized carbons (Fsp3) is 0.400. The summed E-state index contributed by atoms with van der Waals surface area (Å²) in [6.45, 7) is 6.63. The van der Waals surface area contributed by atoms with Crippen LogP contribution in [0.4, 0.5) is 5.69 Å². The summed E-state index contributed by atoms with van der Waals surface area (Å²) in [6, 6.07) is 7.41. The maximum atomic E-state index is 5.51. The van der Waals surface area contributed by atoms with Crippen molar-refractivity contribution in [1.82, 2.24) is 0 Å². The number of nitrogens with two attached hydrogens (primary N) is 1. The van der Waals surface area contributed by atoms with Crippen LogP contribution in [-0.2, 0) is 0 Å². The molecule has 0 fully saturated rings. The fourth-order valence-corrected chi connectivity index (χ4v) is 0.771. The van der Waals surface area contributed by atoms with Gasteiger partial charge in [-0.3, -0.25) is 0 Å². The van der Waals surface area contributed by atoms with E-state index >= 15 is 0 Å². The highest BCUT2D eigenvalue weighted by molar-refractivity contribution is 5.43. The number of anilines is 1. The van der Waals surface area contributed by atoms with Gasteiger partial charge < -0.3 is 10.5 Å². The summed E-state index contributed by atoms with van der Waals surface area (Å²) in [7, 11) is 0. The number of hydrogen-bond acceptors (Lipinski definition) is 2. The van der Waals surface area contributed by atoms with Crippen molar-refractivity contribution >= 4 is 5.69 Å². The molecule has 0 saturated heterocycles. The highest BCUT2D eigenvalue weighted by Gasteiger charge is 1.89. The van der Waals surface area contributed by atoms with Gasteiger partial charge in [-0.25, -0.2) is 0 Å². The molecular formula is C10H17NO. The molecule has 0 spiro atoms. The molecule has 1 aromatic carbocycles. The maximum Gasteiger partial charge on any atom is 0.121 e. The minimum absolute atomic E-state index is 0.684. The van der Waals surface area contributed by atoms with Crippen molar-refractivity contribution in [2.75, 3.05) is 12.3 Å². The summed E-state index contributed by atoms with van der Waals surface area (Å²) in [4.78, 5) is 0. The molecule has 0 saturated carbocycles. The van der Waals surface area contributed by atoms with Crippen LogP contribution in [0.5, 0.6) is 5.75 Å². The van der Waals surface area contributed by atoms with Gasteiger partial charge in [0.2, 0.25) is 0 Å². The molecule has 2 heteroatoms. The quantitative estimate of drug-likeness (QED) is 0.687. The summed E-state index contributed by atoms with van der Waals surface area (Å²) >= 11 is 0. The van der Waals surface area contributed by atoms with Crippen LogP contribution in [-0.4, -0.2) is 6.61 Å². The predicted molar refractivity (Wildman–Crippen MR) is 53.4 cm³/mol. The van der Waals surface area contributed by atoms with E-state index in [0.29, 0.717) is 6.61 Å². The van der Waals surface area contributed by atoms with Crippen molar-refractivity contribution in [2.45, 2.75) is 20.8 Å². The molecule has 0 bridgehead atoms. The Kier molecular flexibility index (Phi) is 5.88. The van der Waals surface area contributed by atoms with Gasteiger partial charge in [0.05, 0.1) is 6.61 Å². The predicted octanol–water partition coefficient (Wildman–Crippen LogP) is 2.69. The Balaban J connectivity index is 0.000000561. The Morgan fingerprint density at radius 2 is 2.00 bits per heavy atom. The number of ether oxygens (including phenoxy) is 1. The van der Waals surface area contributed by atoms with Gasteiger partial charge in [-0.2, -0.15) is 0 Å². The van der Waals surface area contributed by atoms with E-state index in [2.05, 4.69) is 0 Å². The van der Waals surface area contributed by atoms with Crippen molar-refractivity contribution in [1.29, 1.82) is 0 Å². The van der Waals surface area contributed by atoms with E-state index in [9.17, 15) is 0 Å². The number of rotatable bonds is 2. The summed E-state index contributed by atoms with van der Waals surface area (Å²) in [5.41, 5.74) is 6.25. The van der Waals surface area contributed by atoms with Crippen LogP contribution in [0, 0.1) is 0 Å². The molecule has 0 aromatic heterocycles. The molecule has 0 aliphatic rings. The summed E-state index contributed by atoms with van der Waals surface area (Å²) in [6.07, 6.45) is 0. The first kappa shape index (κ1) is 10.8. The average molecular weight is 167 g/mol. The van der Waals surface area contributed by atoms with Crippen molar-refractivity contribution in [3.05, 3.63) is 24.3 Å². The molecule has 0 amide bonds. The van der Waals surface area contributed by atoms with Gasteiger partial charge in [-0.1, -0.05) is 19.9 Å². The van der Waals surface area contributed by atoms with E-state index in [0.717, 1.165) is 11.4 Å². The molecule has 68 valence electrons. The third kappa shape index (κ3) is 3.86. The molecule has 0 aliphatic carbocycles. The van der Waals surface area contributed by atoms with Crippen molar-refractivity contribution in [2.24, 2.45) is 0 Å². The van der Waals surface area contributed by atoms with Gasteiger partial charge >= 0.3 is 0 Å². The molecule has 1 rings (SSSR count). The van der Waals surface area contributed by atoms with E-state index < -0.39 is 0 Å². The first-order valence-electron chi connectivity index (χ1n) is 4.31. The monoisotopic (exact) mass is 167 g/mol. The molecule has 0 radical (unpaired) electrons. The van der Waals surface area contributed by atoms with Crippen molar-refractivity contribution in [3.63, 3.8) is 0 Å². The normalized spacial score (nSPS) is 8.25. The van der Waals surface area contributed by atoms with Gasteiger partial charge in [0.25, 0.3) is 0 Å². The van der Waals surface area contributed by atoms with E-state index in [-0.39, 0.29) is 0 Å². The Bertz CT molecular complexity index is 211. The summed E-state index contributed by atoms with van der Waals surface area (Å²) < 4.78 is 5.21. The molecular weight excluding hydrogens is 150 g/mol. The molecule has 0 heterocycles. The minimum atomic E-state index is 0.684. The third-order valence-corrected chi connectivity index (χ3v) is 1.17. The molecule has 0 unspecified atom stereocenters. The van der Waals surface area contributed by atoms with Gasteiger partial charge in [0.1, 0.15) is 5.75 Å². The number of hydrogen-bond donors (Lipinski definition) is 1. The van der Waals surface area contributed by atoms with Gasteiger partial charge in [0.15, 0.2) is 0 Å². The molecule has 0 aliphatic heterocycles. The lowest BCUT2D eigenvalue weighted by molar-refractivity contribution is 0.340. The highest BCUT2D eigenvalue weighted by Crippen LogP contribution is 2.13. The zero-order valence-electron chi connectivity index (χ0n) is 8.00. The zero-order chi connectivity index (χ0) is 9.40. The number of benzene rings is 1. The van der Waals surface area contributed by atoms with Crippen LogP contribution in [0.3, 0.4) is 0 Å². The Hall–Kier alpha value is -1.18. The van der Waals surface area contributed by atoms with Crippen LogP contribution in [0.25, 0.3) is 0 Å². The van der Waals surface area contributed by atoms with E-state index in [4.69, 9.17) is 10.5 Å². The van der Waals surface area contributed by atoms with Crippen molar-refractivity contribution in [3.8, 4) is 5.75 Å². The standard InChI is InChI=1S/C8H11NO.C2H6/c1-2-10-8-5-3-4-7(9)6-8;1-2/h3-6H,2,9H2,1H3;1-2H3. The van der Waals surface area contributed by atoms with Crippen LogP contribution in [0.2, 0.25) is 0 Å². The van der Waals surface area contributed by atoms with E-state index in [1.807, 2.05) is 45.0 Å². The second-order valence-electron chi connectivity index (χ2n) is 2.01. The summed E-state index contributed by atoms with van der Waals surface area (Å²) in [5, 5.41) is 0. The fourth-order valence-electron chi connectivity index (χ4n) is 0.771. The van der Waals surface area contributed by atoms with Crippen LogP contribution in [0.1, 0.15) is 20.8 Å². The Morgan fingerprint density at radius 3 is 2.50 bits per heavy atom. The van der Waals surface area contributed by atoms with Gasteiger partial charge in [0, 0.05) is 11.8 Å². The summed E-state index contributed by atoms with van der Waals surface area (Å²) in [5.74, 6) is 0.836. The van der Waals surface area contributed by atoms with Crippen LogP contribution < -0.4 is 10.5 Å². The van der Waals surface area contributed by atoms with Crippen molar-refractivity contribution < 1.29 is 4.74 Å². The first-order valence-corrected chi connectivity index (χ1v) is 4.31. The largest absolute Gasteiger partial charge is 0.494 e. The van der Waals surface area contributed by atoms with Gasteiger partial charge in [-0.05, 0) is 19.1 Å². The molecule has 1 aromatic rings. The lowest BCUT2D eigenvalue weighted by Gasteiger charge is -2.01. The van der Waals surface area contributed by atoms with Crippen LogP contribution >= 0.6 is 0 Å². The molecule has 12 heavy (non-hydrogen) atoms. The first-order chi connectivity index (χ1) is 5.83. The molecule has 2 N–H and O–H groups in total. The van der Waals surface area contributed by atoms with E-state index in [1.165, 1.54) is 0 Å². The lowest BCUT2D eigenvalue weighted by atomic mass is 10.3. The third-order valence-electron chi connectivity index (χ3n) is 1.17. The smallest absolute Gasteiger partial charge is 0.121 e. The SMILES string of the molecule is CC.CCOc1cccc(N)c1. The van der Waals surface area contributed by atoms with Crippen LogP contribution in [0.15, 0.2) is 24.3 Å². The maximum absolute atomic E-state index is 5.51. The second kappa shape index (κ2) is 6.53. The minimum Gasteiger partial charge on any atom is -0.494 e. The Morgan fingerprint density at radius 1 is 1.33 bits per heavy atom. The molecule has 0 atom stereocenters. The number of nitrogen functional groups attached to an aromatic ring is 1. The lowest BCUT2D eigenvalue weighted by Crippen LogP contribution is -1.92. The Labute approximate surface area is 74.4 Å². The van der Waals surface area contributed by atoms with E-state index in [1.54, 1.807) is 0 Å². The van der Waals surface area contributed by atoms with Gasteiger partial charge in [-0.15, -0.1) is 0 Å². The topological polar surface area (TPSA) is 35.2 Å². The highest BCUT2D eigenvalue weighted by atomic mass is 16.5. The zero-order valence-corrected chi connectivity index (χ0v) is 8.00. The second-order valence-corrected chi connectivity index (χ2v) is 2.01.